The topological polar surface area (TPSA) is 60.9 Å². The van der Waals surface area contributed by atoms with Crippen LogP contribution >= 0.6 is 11.3 Å². The third-order valence-electron chi connectivity index (χ3n) is 3.83. The third-order valence-corrected chi connectivity index (χ3v) is 6.99. The van der Waals surface area contributed by atoms with E-state index in [9.17, 15) is 8.42 Å². The van der Waals surface area contributed by atoms with Crippen molar-refractivity contribution in [2.45, 2.75) is 38.3 Å². The summed E-state index contributed by atoms with van der Waals surface area (Å²) in [5, 5.41) is 9.16. The number of hydrogen-bond acceptors (Lipinski definition) is 5. The number of aryl methyl sites for hydroxylation is 1. The first-order valence-electron chi connectivity index (χ1n) is 6.84. The van der Waals surface area contributed by atoms with E-state index in [0.29, 0.717) is 22.9 Å². The number of aliphatic hydroxyl groups excluding tert-OH is 1. The molecule has 0 radical (unpaired) electrons. The molecule has 1 N–H and O–H groups in total. The fourth-order valence-electron chi connectivity index (χ4n) is 2.65. The predicted octanol–water partition coefficient (Wildman–Crippen LogP) is 1.26. The van der Waals surface area contributed by atoms with E-state index in [1.165, 1.54) is 11.3 Å². The van der Waals surface area contributed by atoms with Crippen LogP contribution in [-0.4, -0.2) is 55.0 Å². The van der Waals surface area contributed by atoms with Crippen molar-refractivity contribution in [1.29, 1.82) is 0 Å². The van der Waals surface area contributed by atoms with Gasteiger partial charge in [0.1, 0.15) is 0 Å². The second-order valence-corrected chi connectivity index (χ2v) is 8.38. The Morgan fingerprint density at radius 3 is 2.65 bits per heavy atom. The van der Waals surface area contributed by atoms with Crippen LogP contribution in [0.15, 0.2) is 11.0 Å². The molecule has 0 saturated carbocycles. The van der Waals surface area contributed by atoms with E-state index in [1.807, 2.05) is 0 Å². The van der Waals surface area contributed by atoms with E-state index >= 15 is 0 Å². The van der Waals surface area contributed by atoms with Gasteiger partial charge in [0, 0.05) is 35.4 Å². The number of thiophene rings is 1. The monoisotopic (exact) mass is 318 g/mol. The lowest BCUT2D eigenvalue weighted by Crippen LogP contribution is -2.53. The molecule has 1 aromatic rings. The molecule has 2 rings (SSSR count). The quantitative estimate of drug-likeness (QED) is 0.908. The second kappa shape index (κ2) is 6.11. The van der Waals surface area contributed by atoms with Crippen molar-refractivity contribution in [2.24, 2.45) is 0 Å². The molecular formula is C13H22N2O3S2. The summed E-state index contributed by atoms with van der Waals surface area (Å²) in [5.41, 5.74) is 0. The summed E-state index contributed by atoms with van der Waals surface area (Å²) in [6.45, 7) is 8.61. The second-order valence-electron chi connectivity index (χ2n) is 5.13. The first-order valence-corrected chi connectivity index (χ1v) is 9.10. The molecule has 2 heterocycles. The Morgan fingerprint density at radius 2 is 2.15 bits per heavy atom. The summed E-state index contributed by atoms with van der Waals surface area (Å²) < 4.78 is 27.0. The van der Waals surface area contributed by atoms with Gasteiger partial charge >= 0.3 is 0 Å². The van der Waals surface area contributed by atoms with Crippen LogP contribution in [0, 0.1) is 6.92 Å². The van der Waals surface area contributed by atoms with Crippen LogP contribution in [0.2, 0.25) is 0 Å². The number of sulfonamides is 1. The van der Waals surface area contributed by atoms with Crippen LogP contribution in [0.3, 0.4) is 0 Å². The smallest absolute Gasteiger partial charge is 0.244 e. The zero-order valence-electron chi connectivity index (χ0n) is 12.2. The van der Waals surface area contributed by atoms with Crippen molar-refractivity contribution in [2.75, 3.05) is 26.2 Å². The predicted molar refractivity (Wildman–Crippen MR) is 80.4 cm³/mol. The number of hydrogen-bond donors (Lipinski definition) is 1. The summed E-state index contributed by atoms with van der Waals surface area (Å²) in [7, 11) is -3.44. The number of nitrogens with zero attached hydrogens (tertiary/aromatic N) is 2. The molecule has 1 fully saturated rings. The minimum atomic E-state index is -3.44. The zero-order valence-corrected chi connectivity index (χ0v) is 13.8. The molecule has 1 aliphatic heterocycles. The van der Waals surface area contributed by atoms with E-state index in [0.717, 1.165) is 18.0 Å². The van der Waals surface area contributed by atoms with Crippen LogP contribution in [0.5, 0.6) is 0 Å². The molecule has 20 heavy (non-hydrogen) atoms. The molecular weight excluding hydrogens is 296 g/mol. The van der Waals surface area contributed by atoms with Crippen molar-refractivity contribution < 1.29 is 13.5 Å². The van der Waals surface area contributed by atoms with Gasteiger partial charge in [-0.05, 0) is 26.5 Å². The molecule has 0 bridgehead atoms. The van der Waals surface area contributed by atoms with Crippen LogP contribution in [0.25, 0.3) is 0 Å². The summed E-state index contributed by atoms with van der Waals surface area (Å²) >= 11 is 1.34. The van der Waals surface area contributed by atoms with Gasteiger partial charge in [-0.2, -0.15) is 4.31 Å². The van der Waals surface area contributed by atoms with Gasteiger partial charge in [-0.1, -0.05) is 6.92 Å². The SMILES string of the molecule is CCN1CCN(S(=O)(=O)c2cc(CO)sc2C)CC1C. The van der Waals surface area contributed by atoms with Crippen molar-refractivity contribution in [3.63, 3.8) is 0 Å². The molecule has 0 aromatic carbocycles. The Hall–Kier alpha value is -0.470. The van der Waals surface area contributed by atoms with Gasteiger partial charge in [-0.3, -0.25) is 4.90 Å². The van der Waals surface area contributed by atoms with Gasteiger partial charge in [0.05, 0.1) is 11.5 Å². The lowest BCUT2D eigenvalue weighted by Gasteiger charge is -2.38. The van der Waals surface area contributed by atoms with E-state index in [1.54, 1.807) is 17.3 Å². The molecule has 0 spiro atoms. The normalized spacial score (nSPS) is 22.3. The molecule has 7 heteroatoms. The number of rotatable bonds is 4. The Balaban J connectivity index is 2.25. The maximum Gasteiger partial charge on any atom is 0.244 e. The van der Waals surface area contributed by atoms with E-state index in [2.05, 4.69) is 18.7 Å². The highest BCUT2D eigenvalue weighted by Crippen LogP contribution is 2.29. The molecule has 1 unspecified atom stereocenters. The summed E-state index contributed by atoms with van der Waals surface area (Å²) in [6, 6.07) is 1.84. The third kappa shape index (κ3) is 2.92. The standard InChI is InChI=1S/C13H22N2O3S2/c1-4-14-5-6-15(8-10(14)2)20(17,18)13-7-12(9-16)19-11(13)3/h7,10,16H,4-6,8-9H2,1-3H3. The molecule has 5 nitrogen and oxygen atoms in total. The molecule has 1 aromatic heterocycles. The number of likely N-dealkylation sites (N-methyl/N-ethyl adjacent to an activating group) is 1. The Morgan fingerprint density at radius 1 is 1.45 bits per heavy atom. The highest BCUT2D eigenvalue weighted by molar-refractivity contribution is 7.89. The minimum absolute atomic E-state index is 0.110. The van der Waals surface area contributed by atoms with Crippen molar-refractivity contribution in [3.8, 4) is 0 Å². The van der Waals surface area contributed by atoms with Gasteiger partial charge in [-0.25, -0.2) is 8.42 Å². The highest BCUT2D eigenvalue weighted by atomic mass is 32.2. The van der Waals surface area contributed by atoms with E-state index < -0.39 is 10.0 Å². The number of aliphatic hydroxyl groups is 1. The molecule has 1 aliphatic rings. The van der Waals surface area contributed by atoms with Crippen LogP contribution < -0.4 is 0 Å². The van der Waals surface area contributed by atoms with Gasteiger partial charge in [0.15, 0.2) is 0 Å². The maximum absolute atomic E-state index is 12.7. The van der Waals surface area contributed by atoms with Crippen molar-refractivity contribution in [1.82, 2.24) is 9.21 Å². The maximum atomic E-state index is 12.7. The summed E-state index contributed by atoms with van der Waals surface area (Å²) in [5.74, 6) is 0. The van der Waals surface area contributed by atoms with Gasteiger partial charge in [-0.15, -0.1) is 11.3 Å². The minimum Gasteiger partial charge on any atom is -0.391 e. The van der Waals surface area contributed by atoms with Crippen molar-refractivity contribution in [3.05, 3.63) is 15.8 Å². The summed E-state index contributed by atoms with van der Waals surface area (Å²) in [6.07, 6.45) is 0. The van der Waals surface area contributed by atoms with Crippen LogP contribution in [0.1, 0.15) is 23.6 Å². The Labute approximate surface area is 124 Å². The fraction of sp³-hybridized carbons (Fsp3) is 0.692. The lowest BCUT2D eigenvalue weighted by atomic mass is 10.2. The van der Waals surface area contributed by atoms with E-state index in [4.69, 9.17) is 5.11 Å². The molecule has 1 atom stereocenters. The average molecular weight is 318 g/mol. The average Bonchev–Trinajstić information content (AvgIpc) is 2.80. The Kier molecular flexibility index (Phi) is 4.86. The fourth-order valence-corrected chi connectivity index (χ4v) is 5.62. The zero-order chi connectivity index (χ0) is 14.9. The molecule has 1 saturated heterocycles. The lowest BCUT2D eigenvalue weighted by molar-refractivity contribution is 0.135. The first kappa shape index (κ1) is 15.9. The Bertz CT molecular complexity index is 568. The van der Waals surface area contributed by atoms with Crippen LogP contribution in [-0.2, 0) is 16.6 Å². The van der Waals surface area contributed by atoms with Crippen molar-refractivity contribution >= 4 is 21.4 Å². The van der Waals surface area contributed by atoms with Gasteiger partial charge in [0.2, 0.25) is 10.0 Å². The molecule has 0 amide bonds. The van der Waals surface area contributed by atoms with Gasteiger partial charge < -0.3 is 5.11 Å². The van der Waals surface area contributed by atoms with Crippen LogP contribution in [0.4, 0.5) is 0 Å². The molecule has 114 valence electrons. The number of piperazine rings is 1. The van der Waals surface area contributed by atoms with Gasteiger partial charge in [0.25, 0.3) is 0 Å². The first-order chi connectivity index (χ1) is 9.40. The highest BCUT2D eigenvalue weighted by Gasteiger charge is 2.33. The largest absolute Gasteiger partial charge is 0.391 e. The molecule has 0 aliphatic carbocycles. The van der Waals surface area contributed by atoms with E-state index in [-0.39, 0.29) is 12.6 Å². The summed E-state index contributed by atoms with van der Waals surface area (Å²) in [4.78, 5) is 4.08.